The van der Waals surface area contributed by atoms with Crippen LogP contribution in [0.3, 0.4) is 0 Å². The topological polar surface area (TPSA) is 66.8 Å². The van der Waals surface area contributed by atoms with Crippen molar-refractivity contribution in [3.63, 3.8) is 0 Å². The number of nitrogens with zero attached hydrogens (tertiary/aromatic N) is 4. The Kier molecular flexibility index (Phi) is 4.50. The first-order chi connectivity index (χ1) is 12.9. The van der Waals surface area contributed by atoms with Gasteiger partial charge in [-0.3, -0.25) is 4.79 Å². The molecule has 0 saturated heterocycles. The Morgan fingerprint density at radius 2 is 2.04 bits per heavy atom. The van der Waals surface area contributed by atoms with Crippen molar-refractivity contribution < 1.29 is 4.79 Å². The SMILES string of the molecule is Cc1[nH]c2ccccc2c1CC(=O)N1Cc2nnc(C)n2[C@@H](CC(C)C)C1. The molecule has 3 heterocycles. The van der Waals surface area contributed by atoms with Gasteiger partial charge in [0.2, 0.25) is 5.91 Å². The largest absolute Gasteiger partial charge is 0.358 e. The number of carbonyl (C=O) groups excluding carboxylic acids is 1. The monoisotopic (exact) mass is 365 g/mol. The summed E-state index contributed by atoms with van der Waals surface area (Å²) in [6, 6.07) is 8.42. The minimum atomic E-state index is 0.156. The normalized spacial score (nSPS) is 16.9. The van der Waals surface area contributed by atoms with Crippen LogP contribution in [0.4, 0.5) is 0 Å². The third kappa shape index (κ3) is 3.24. The number of rotatable bonds is 4. The molecule has 0 fully saturated rings. The second-order valence-corrected chi connectivity index (χ2v) is 8.04. The molecule has 1 amide bonds. The lowest BCUT2D eigenvalue weighted by Gasteiger charge is -2.35. The number of hydrogen-bond donors (Lipinski definition) is 1. The van der Waals surface area contributed by atoms with Crippen LogP contribution in [-0.4, -0.2) is 37.1 Å². The fraction of sp³-hybridized carbons (Fsp3) is 0.476. The minimum absolute atomic E-state index is 0.156. The summed E-state index contributed by atoms with van der Waals surface area (Å²) in [5.41, 5.74) is 3.25. The molecule has 0 bridgehead atoms. The summed E-state index contributed by atoms with van der Waals surface area (Å²) in [6.07, 6.45) is 1.43. The van der Waals surface area contributed by atoms with Crippen LogP contribution >= 0.6 is 0 Å². The molecule has 2 aromatic heterocycles. The van der Waals surface area contributed by atoms with Gasteiger partial charge in [-0.15, -0.1) is 10.2 Å². The highest BCUT2D eigenvalue weighted by molar-refractivity contribution is 5.90. The summed E-state index contributed by atoms with van der Waals surface area (Å²) < 4.78 is 2.22. The second-order valence-electron chi connectivity index (χ2n) is 8.04. The van der Waals surface area contributed by atoms with E-state index in [0.717, 1.165) is 46.8 Å². The van der Waals surface area contributed by atoms with E-state index in [0.29, 0.717) is 18.9 Å². The Balaban J connectivity index is 1.59. The number of para-hydroxylation sites is 1. The molecular formula is C21H27N5O. The summed E-state index contributed by atoms with van der Waals surface area (Å²) in [5.74, 6) is 2.54. The van der Waals surface area contributed by atoms with E-state index in [4.69, 9.17) is 0 Å². The van der Waals surface area contributed by atoms with Crippen molar-refractivity contribution in [2.75, 3.05) is 6.54 Å². The van der Waals surface area contributed by atoms with Crippen LogP contribution in [0.1, 0.15) is 49.2 Å². The Hall–Kier alpha value is -2.63. The molecular weight excluding hydrogens is 338 g/mol. The van der Waals surface area contributed by atoms with Gasteiger partial charge in [-0.05, 0) is 37.8 Å². The molecule has 0 aliphatic carbocycles. The van der Waals surface area contributed by atoms with Crippen LogP contribution in [0.25, 0.3) is 10.9 Å². The maximum atomic E-state index is 13.2. The molecule has 4 rings (SSSR count). The van der Waals surface area contributed by atoms with E-state index in [-0.39, 0.29) is 11.9 Å². The molecule has 27 heavy (non-hydrogen) atoms. The predicted octanol–water partition coefficient (Wildman–Crippen LogP) is 3.55. The number of aromatic nitrogens is 4. The van der Waals surface area contributed by atoms with Crippen LogP contribution in [0.5, 0.6) is 0 Å². The highest BCUT2D eigenvalue weighted by atomic mass is 16.2. The van der Waals surface area contributed by atoms with Gasteiger partial charge in [-0.25, -0.2) is 0 Å². The number of nitrogens with one attached hydrogen (secondary N) is 1. The van der Waals surface area contributed by atoms with Crippen LogP contribution in [-0.2, 0) is 17.8 Å². The molecule has 0 spiro atoms. The van der Waals surface area contributed by atoms with E-state index in [1.807, 2.05) is 30.9 Å². The van der Waals surface area contributed by atoms with Gasteiger partial charge in [-0.2, -0.15) is 0 Å². The average molecular weight is 365 g/mol. The number of aryl methyl sites for hydroxylation is 2. The lowest BCUT2D eigenvalue weighted by Crippen LogP contribution is -2.42. The van der Waals surface area contributed by atoms with E-state index in [9.17, 15) is 4.79 Å². The predicted molar refractivity (Wildman–Crippen MR) is 105 cm³/mol. The number of carbonyl (C=O) groups is 1. The quantitative estimate of drug-likeness (QED) is 0.769. The first-order valence-electron chi connectivity index (χ1n) is 9.68. The molecule has 1 N–H and O–H groups in total. The molecule has 6 heteroatoms. The van der Waals surface area contributed by atoms with Crippen molar-refractivity contribution in [2.45, 2.75) is 53.1 Å². The van der Waals surface area contributed by atoms with Crippen molar-refractivity contribution in [1.29, 1.82) is 0 Å². The summed E-state index contributed by atoms with van der Waals surface area (Å²) in [7, 11) is 0. The molecule has 1 aromatic carbocycles. The van der Waals surface area contributed by atoms with Gasteiger partial charge >= 0.3 is 0 Å². The smallest absolute Gasteiger partial charge is 0.227 e. The Bertz CT molecular complexity index is 984. The highest BCUT2D eigenvalue weighted by Gasteiger charge is 2.31. The molecule has 0 radical (unpaired) electrons. The minimum Gasteiger partial charge on any atom is -0.358 e. The molecule has 142 valence electrons. The Morgan fingerprint density at radius 1 is 1.26 bits per heavy atom. The molecule has 0 saturated carbocycles. The first-order valence-corrected chi connectivity index (χ1v) is 9.68. The van der Waals surface area contributed by atoms with Crippen molar-refractivity contribution >= 4 is 16.8 Å². The molecule has 1 aliphatic rings. The van der Waals surface area contributed by atoms with Gasteiger partial charge in [0.05, 0.1) is 19.0 Å². The number of hydrogen-bond acceptors (Lipinski definition) is 3. The summed E-state index contributed by atoms with van der Waals surface area (Å²) >= 11 is 0. The first kappa shape index (κ1) is 17.8. The van der Waals surface area contributed by atoms with E-state index in [2.05, 4.69) is 45.7 Å². The maximum Gasteiger partial charge on any atom is 0.227 e. The van der Waals surface area contributed by atoms with E-state index in [1.54, 1.807) is 0 Å². The zero-order chi connectivity index (χ0) is 19.1. The van der Waals surface area contributed by atoms with Crippen LogP contribution < -0.4 is 0 Å². The van der Waals surface area contributed by atoms with Gasteiger partial charge in [0, 0.05) is 23.1 Å². The van der Waals surface area contributed by atoms with Gasteiger partial charge in [0.1, 0.15) is 5.82 Å². The van der Waals surface area contributed by atoms with E-state index >= 15 is 0 Å². The van der Waals surface area contributed by atoms with Crippen molar-refractivity contribution in [3.8, 4) is 0 Å². The average Bonchev–Trinajstić information content (AvgIpc) is 3.15. The Labute approximate surface area is 159 Å². The molecule has 6 nitrogen and oxygen atoms in total. The van der Waals surface area contributed by atoms with Crippen LogP contribution in [0, 0.1) is 19.8 Å². The third-order valence-corrected chi connectivity index (χ3v) is 5.52. The number of H-pyrrole nitrogens is 1. The van der Waals surface area contributed by atoms with E-state index in [1.165, 1.54) is 0 Å². The Morgan fingerprint density at radius 3 is 2.81 bits per heavy atom. The summed E-state index contributed by atoms with van der Waals surface area (Å²) in [5, 5.41) is 9.71. The zero-order valence-electron chi connectivity index (χ0n) is 16.5. The number of benzene rings is 1. The standard InChI is InChI=1S/C21H27N5O/c1-13(2)9-16-11-25(12-20-24-23-15(4)26(16)20)21(27)10-18-14(3)22-19-8-6-5-7-17(18)19/h5-8,13,16,22H,9-12H2,1-4H3/t16-/m0/s1. The van der Waals surface area contributed by atoms with Crippen LogP contribution in [0.15, 0.2) is 24.3 Å². The van der Waals surface area contributed by atoms with Gasteiger partial charge in [0.15, 0.2) is 5.82 Å². The molecule has 1 atom stereocenters. The fourth-order valence-electron chi connectivity index (χ4n) is 4.31. The number of amides is 1. The zero-order valence-corrected chi connectivity index (χ0v) is 16.5. The van der Waals surface area contributed by atoms with Gasteiger partial charge in [-0.1, -0.05) is 32.0 Å². The van der Waals surface area contributed by atoms with Crippen molar-refractivity contribution in [2.24, 2.45) is 5.92 Å². The van der Waals surface area contributed by atoms with Gasteiger partial charge in [0.25, 0.3) is 0 Å². The molecule has 1 aliphatic heterocycles. The number of fused-ring (bicyclic) bond motifs is 2. The lowest BCUT2D eigenvalue weighted by molar-refractivity contribution is -0.132. The second kappa shape index (κ2) is 6.83. The fourth-order valence-corrected chi connectivity index (χ4v) is 4.31. The van der Waals surface area contributed by atoms with Crippen molar-refractivity contribution in [3.05, 3.63) is 47.2 Å². The summed E-state index contributed by atoms with van der Waals surface area (Å²) in [6.45, 7) is 9.74. The molecule has 0 unspecified atom stereocenters. The van der Waals surface area contributed by atoms with Crippen LogP contribution in [0.2, 0.25) is 0 Å². The maximum absolute atomic E-state index is 13.2. The lowest BCUT2D eigenvalue weighted by atomic mass is 10.0. The number of aromatic amines is 1. The van der Waals surface area contributed by atoms with E-state index < -0.39 is 0 Å². The van der Waals surface area contributed by atoms with Gasteiger partial charge < -0.3 is 14.5 Å². The third-order valence-electron chi connectivity index (χ3n) is 5.52. The molecule has 3 aromatic rings. The van der Waals surface area contributed by atoms with Crippen molar-refractivity contribution in [1.82, 2.24) is 24.6 Å². The highest BCUT2D eigenvalue weighted by Crippen LogP contribution is 2.28. The summed E-state index contributed by atoms with van der Waals surface area (Å²) in [4.78, 5) is 18.5.